The number of nitrogens with two attached hydrogens (primary N) is 1. The van der Waals surface area contributed by atoms with Gasteiger partial charge in [-0.25, -0.2) is 4.79 Å². The standard InChI is InChI=1S/C28H26N2O6/c1-4-17-8-10-18(11-9-17)34-16-25(31)35-19-12-13-20-24(14-19)36-28(30)22(15-29)26(20)21-6-5-7-23(32-2)27(21)33-3/h5-14,26H,4,16,30H2,1-3H3. The maximum Gasteiger partial charge on any atom is 0.349 e. The number of nitriles is 1. The molecular formula is C28H26N2O6. The van der Waals surface area contributed by atoms with Gasteiger partial charge in [0.2, 0.25) is 5.88 Å². The Balaban J connectivity index is 1.58. The molecule has 1 heterocycles. The Hall–Kier alpha value is -4.64. The van der Waals surface area contributed by atoms with Crippen molar-refractivity contribution in [2.45, 2.75) is 19.3 Å². The lowest BCUT2D eigenvalue weighted by Gasteiger charge is -2.28. The van der Waals surface area contributed by atoms with Gasteiger partial charge in [0.05, 0.1) is 20.1 Å². The number of allylic oxidation sites excluding steroid dienone is 1. The van der Waals surface area contributed by atoms with Crippen LogP contribution >= 0.6 is 0 Å². The first-order valence-corrected chi connectivity index (χ1v) is 11.3. The summed E-state index contributed by atoms with van der Waals surface area (Å²) in [4.78, 5) is 12.4. The predicted molar refractivity (Wildman–Crippen MR) is 132 cm³/mol. The van der Waals surface area contributed by atoms with Crippen LogP contribution in [0.25, 0.3) is 0 Å². The molecule has 3 aromatic carbocycles. The average Bonchev–Trinajstić information content (AvgIpc) is 2.90. The number of hydrogen-bond acceptors (Lipinski definition) is 8. The molecule has 0 fully saturated rings. The fourth-order valence-corrected chi connectivity index (χ4v) is 4.08. The van der Waals surface area contributed by atoms with E-state index in [9.17, 15) is 10.1 Å². The van der Waals surface area contributed by atoms with Crippen LogP contribution in [0.3, 0.4) is 0 Å². The number of carbonyl (C=O) groups is 1. The zero-order valence-corrected chi connectivity index (χ0v) is 20.2. The summed E-state index contributed by atoms with van der Waals surface area (Å²) in [5.41, 5.74) is 8.88. The van der Waals surface area contributed by atoms with E-state index < -0.39 is 11.9 Å². The molecule has 0 spiro atoms. The van der Waals surface area contributed by atoms with Crippen molar-refractivity contribution < 1.29 is 28.5 Å². The van der Waals surface area contributed by atoms with E-state index in [1.165, 1.54) is 12.7 Å². The van der Waals surface area contributed by atoms with E-state index in [0.717, 1.165) is 6.42 Å². The molecule has 184 valence electrons. The largest absolute Gasteiger partial charge is 0.493 e. The number of carbonyl (C=O) groups excluding carboxylic acids is 1. The van der Waals surface area contributed by atoms with E-state index in [-0.39, 0.29) is 23.8 Å². The molecule has 8 heteroatoms. The van der Waals surface area contributed by atoms with E-state index >= 15 is 0 Å². The maximum atomic E-state index is 12.4. The van der Waals surface area contributed by atoms with Gasteiger partial charge in [0.15, 0.2) is 18.1 Å². The first-order valence-electron chi connectivity index (χ1n) is 11.3. The van der Waals surface area contributed by atoms with E-state index in [4.69, 9.17) is 29.4 Å². The van der Waals surface area contributed by atoms with Crippen LogP contribution in [0.4, 0.5) is 0 Å². The summed E-state index contributed by atoms with van der Waals surface area (Å²) in [7, 11) is 3.07. The summed E-state index contributed by atoms with van der Waals surface area (Å²) >= 11 is 0. The van der Waals surface area contributed by atoms with Crippen LogP contribution in [0.15, 0.2) is 72.1 Å². The summed E-state index contributed by atoms with van der Waals surface area (Å²) in [6, 6.07) is 20.0. The first kappa shape index (κ1) is 24.5. The molecule has 0 saturated heterocycles. The Morgan fingerprint density at radius 3 is 2.44 bits per heavy atom. The van der Waals surface area contributed by atoms with E-state index in [0.29, 0.717) is 34.1 Å². The predicted octanol–water partition coefficient (Wildman–Crippen LogP) is 4.47. The van der Waals surface area contributed by atoms with Crippen molar-refractivity contribution in [1.82, 2.24) is 0 Å². The van der Waals surface area contributed by atoms with Gasteiger partial charge in [-0.1, -0.05) is 37.3 Å². The quantitative estimate of drug-likeness (QED) is 0.367. The molecule has 1 atom stereocenters. The van der Waals surface area contributed by atoms with Gasteiger partial charge in [-0.05, 0) is 36.2 Å². The van der Waals surface area contributed by atoms with Crippen LogP contribution in [-0.4, -0.2) is 26.8 Å². The third-order valence-corrected chi connectivity index (χ3v) is 5.85. The molecule has 0 saturated carbocycles. The van der Waals surface area contributed by atoms with E-state index in [2.05, 4.69) is 13.0 Å². The fraction of sp³-hybridized carbons (Fsp3) is 0.214. The zero-order valence-electron chi connectivity index (χ0n) is 20.2. The van der Waals surface area contributed by atoms with Crippen molar-refractivity contribution in [3.63, 3.8) is 0 Å². The molecule has 1 aliphatic rings. The van der Waals surface area contributed by atoms with Gasteiger partial charge >= 0.3 is 5.97 Å². The van der Waals surface area contributed by atoms with Crippen molar-refractivity contribution in [3.8, 4) is 34.8 Å². The summed E-state index contributed by atoms with van der Waals surface area (Å²) < 4.78 is 27.7. The number of esters is 1. The number of nitrogens with zero attached hydrogens (tertiary/aromatic N) is 1. The van der Waals surface area contributed by atoms with Crippen molar-refractivity contribution >= 4 is 5.97 Å². The van der Waals surface area contributed by atoms with Gasteiger partial charge in [0.1, 0.15) is 28.9 Å². The topological polar surface area (TPSA) is 113 Å². The van der Waals surface area contributed by atoms with Gasteiger partial charge in [-0.2, -0.15) is 5.26 Å². The average molecular weight is 487 g/mol. The molecule has 2 N–H and O–H groups in total. The second kappa shape index (κ2) is 10.7. The number of para-hydroxylation sites is 1. The molecule has 36 heavy (non-hydrogen) atoms. The monoisotopic (exact) mass is 486 g/mol. The van der Waals surface area contributed by atoms with Crippen molar-refractivity contribution in [2.24, 2.45) is 5.73 Å². The lowest BCUT2D eigenvalue weighted by Crippen LogP contribution is -2.22. The normalized spacial score (nSPS) is 14.2. The highest BCUT2D eigenvalue weighted by Crippen LogP contribution is 2.47. The molecule has 3 aromatic rings. The molecule has 1 aliphatic heterocycles. The minimum absolute atomic E-state index is 0.0396. The van der Waals surface area contributed by atoms with Crippen molar-refractivity contribution in [2.75, 3.05) is 20.8 Å². The highest BCUT2D eigenvalue weighted by atomic mass is 16.6. The van der Waals surface area contributed by atoms with Gasteiger partial charge in [-0.3, -0.25) is 0 Å². The third-order valence-electron chi connectivity index (χ3n) is 5.85. The highest BCUT2D eigenvalue weighted by Gasteiger charge is 2.33. The van der Waals surface area contributed by atoms with Crippen LogP contribution < -0.4 is 29.4 Å². The van der Waals surface area contributed by atoms with Gasteiger partial charge in [0.25, 0.3) is 0 Å². The SMILES string of the molecule is CCc1ccc(OCC(=O)Oc2ccc3c(c2)OC(N)=C(C#N)C3c2cccc(OC)c2OC)cc1. The summed E-state index contributed by atoms with van der Waals surface area (Å²) in [6.07, 6.45) is 0.920. The number of rotatable bonds is 8. The summed E-state index contributed by atoms with van der Waals surface area (Å²) in [6.45, 7) is 1.81. The van der Waals surface area contributed by atoms with Crippen LogP contribution in [0, 0.1) is 11.3 Å². The molecule has 4 rings (SSSR count). The Labute approximate surface area is 209 Å². The first-order chi connectivity index (χ1) is 17.5. The van der Waals surface area contributed by atoms with Crippen LogP contribution in [-0.2, 0) is 11.2 Å². The number of benzene rings is 3. The van der Waals surface area contributed by atoms with E-state index in [1.54, 1.807) is 31.4 Å². The highest BCUT2D eigenvalue weighted by molar-refractivity contribution is 5.74. The zero-order chi connectivity index (χ0) is 25.7. The molecule has 0 aliphatic carbocycles. The number of hydrogen-bond donors (Lipinski definition) is 1. The number of methoxy groups -OCH3 is 2. The Morgan fingerprint density at radius 1 is 1.03 bits per heavy atom. The lowest BCUT2D eigenvalue weighted by atomic mass is 9.83. The van der Waals surface area contributed by atoms with Crippen LogP contribution in [0.2, 0.25) is 0 Å². The third kappa shape index (κ3) is 4.91. The van der Waals surface area contributed by atoms with E-state index in [1.807, 2.05) is 36.4 Å². The molecule has 0 aromatic heterocycles. The van der Waals surface area contributed by atoms with Gasteiger partial charge < -0.3 is 29.4 Å². The smallest absolute Gasteiger partial charge is 0.349 e. The minimum Gasteiger partial charge on any atom is -0.493 e. The summed E-state index contributed by atoms with van der Waals surface area (Å²) in [5.74, 6) is 1.03. The Kier molecular flexibility index (Phi) is 7.31. The van der Waals surface area contributed by atoms with Crippen molar-refractivity contribution in [3.05, 3.63) is 88.8 Å². The number of ether oxygens (including phenoxy) is 5. The number of fused-ring (bicyclic) bond motifs is 1. The van der Waals surface area contributed by atoms with Crippen molar-refractivity contribution in [1.29, 1.82) is 5.26 Å². The molecule has 0 bridgehead atoms. The van der Waals surface area contributed by atoms with Crippen LogP contribution in [0.5, 0.6) is 28.7 Å². The molecule has 0 amide bonds. The summed E-state index contributed by atoms with van der Waals surface area (Å²) in [5, 5.41) is 9.84. The van der Waals surface area contributed by atoms with Gasteiger partial charge in [-0.15, -0.1) is 0 Å². The molecule has 8 nitrogen and oxygen atoms in total. The molecule has 0 radical (unpaired) electrons. The Morgan fingerprint density at radius 2 is 1.78 bits per heavy atom. The molecular weight excluding hydrogens is 460 g/mol. The lowest BCUT2D eigenvalue weighted by molar-refractivity contribution is -0.136. The van der Waals surface area contributed by atoms with Gasteiger partial charge in [0, 0.05) is 17.2 Å². The Bertz CT molecular complexity index is 1340. The minimum atomic E-state index is -0.572. The number of aryl methyl sites for hydroxylation is 1. The fourth-order valence-electron chi connectivity index (χ4n) is 4.08. The second-order valence-corrected chi connectivity index (χ2v) is 7.97. The molecule has 1 unspecified atom stereocenters. The second-order valence-electron chi connectivity index (χ2n) is 7.97. The van der Waals surface area contributed by atoms with Crippen LogP contribution in [0.1, 0.15) is 29.5 Å². The maximum absolute atomic E-state index is 12.4.